The number of amides is 1. The first-order valence-electron chi connectivity index (χ1n) is 8.79. The van der Waals surface area contributed by atoms with Gasteiger partial charge < -0.3 is 10.2 Å². The van der Waals surface area contributed by atoms with E-state index in [0.717, 1.165) is 31.0 Å². The van der Waals surface area contributed by atoms with Gasteiger partial charge >= 0.3 is 0 Å². The third kappa shape index (κ3) is 4.03. The molecule has 1 N–H and O–H groups in total. The Labute approximate surface area is 143 Å². The quantitative estimate of drug-likeness (QED) is 0.919. The van der Waals surface area contributed by atoms with Gasteiger partial charge in [0.1, 0.15) is 0 Å². The van der Waals surface area contributed by atoms with Crippen LogP contribution in [0, 0.1) is 6.92 Å². The van der Waals surface area contributed by atoms with Gasteiger partial charge in [0.15, 0.2) is 5.69 Å². The van der Waals surface area contributed by atoms with E-state index in [2.05, 4.69) is 22.2 Å². The van der Waals surface area contributed by atoms with Gasteiger partial charge in [-0.25, -0.2) is 4.68 Å². The molecule has 1 saturated heterocycles. The molecule has 5 heteroatoms. The fraction of sp³-hybridized carbons (Fsp3) is 0.474. The van der Waals surface area contributed by atoms with Gasteiger partial charge in [-0.05, 0) is 58.0 Å². The maximum Gasteiger partial charge on any atom is 0.272 e. The highest BCUT2D eigenvalue weighted by molar-refractivity contribution is 5.92. The first kappa shape index (κ1) is 16.7. The van der Waals surface area contributed by atoms with Crippen LogP contribution in [0.2, 0.25) is 0 Å². The van der Waals surface area contributed by atoms with Crippen LogP contribution in [-0.2, 0) is 0 Å². The van der Waals surface area contributed by atoms with Crippen molar-refractivity contribution >= 4 is 5.91 Å². The van der Waals surface area contributed by atoms with Gasteiger partial charge in [0.2, 0.25) is 0 Å². The molecule has 0 saturated carbocycles. The number of carbonyl (C=O) groups excluding carboxylic acids is 1. The summed E-state index contributed by atoms with van der Waals surface area (Å²) in [6.07, 6.45) is 3.86. The summed E-state index contributed by atoms with van der Waals surface area (Å²) < 4.78 is 1.81. The number of nitrogens with one attached hydrogen (secondary N) is 1. The van der Waals surface area contributed by atoms with Crippen LogP contribution >= 0.6 is 0 Å². The molecule has 0 radical (unpaired) electrons. The summed E-state index contributed by atoms with van der Waals surface area (Å²) in [5.74, 6) is -0.0997. The Kier molecular flexibility index (Phi) is 5.30. The van der Waals surface area contributed by atoms with E-state index in [4.69, 9.17) is 0 Å². The van der Waals surface area contributed by atoms with Crippen LogP contribution < -0.4 is 5.32 Å². The number of aromatic nitrogens is 2. The molecule has 2 aromatic rings. The van der Waals surface area contributed by atoms with Gasteiger partial charge in [-0.3, -0.25) is 4.79 Å². The van der Waals surface area contributed by atoms with Gasteiger partial charge in [0.05, 0.1) is 5.69 Å². The molecule has 1 aromatic carbocycles. The number of aryl methyl sites for hydroxylation is 1. The zero-order valence-electron chi connectivity index (χ0n) is 14.5. The van der Waals surface area contributed by atoms with E-state index in [1.807, 2.05) is 48.0 Å². The van der Waals surface area contributed by atoms with Gasteiger partial charge in [0.25, 0.3) is 5.91 Å². The first-order valence-corrected chi connectivity index (χ1v) is 8.79. The molecule has 1 amide bonds. The van der Waals surface area contributed by atoms with E-state index in [1.54, 1.807) is 0 Å². The predicted molar refractivity (Wildman–Crippen MR) is 95.5 cm³/mol. The average molecular weight is 326 g/mol. The van der Waals surface area contributed by atoms with E-state index < -0.39 is 0 Å². The Hall–Kier alpha value is -2.14. The molecule has 24 heavy (non-hydrogen) atoms. The average Bonchev–Trinajstić information content (AvgIpc) is 2.98. The summed E-state index contributed by atoms with van der Waals surface area (Å²) in [5.41, 5.74) is 2.40. The van der Waals surface area contributed by atoms with Crippen molar-refractivity contribution < 1.29 is 4.79 Å². The van der Waals surface area contributed by atoms with Crippen LogP contribution in [0.25, 0.3) is 5.69 Å². The second kappa shape index (κ2) is 7.62. The monoisotopic (exact) mass is 326 g/mol. The number of benzene rings is 1. The Morgan fingerprint density at radius 2 is 1.92 bits per heavy atom. The molecule has 1 aliphatic rings. The topological polar surface area (TPSA) is 50.2 Å². The normalized spacial score (nSPS) is 16.8. The number of para-hydroxylation sites is 1. The summed E-state index contributed by atoms with van der Waals surface area (Å²) in [6.45, 7) is 7.22. The highest BCUT2D eigenvalue weighted by atomic mass is 16.2. The summed E-state index contributed by atoms with van der Waals surface area (Å²) >= 11 is 0. The highest BCUT2D eigenvalue weighted by Crippen LogP contribution is 2.12. The molecule has 0 spiro atoms. The molecule has 1 aromatic heterocycles. The van der Waals surface area contributed by atoms with Gasteiger partial charge in [0, 0.05) is 18.3 Å². The molecule has 5 nitrogen and oxygen atoms in total. The largest absolute Gasteiger partial charge is 0.347 e. The molecule has 0 bridgehead atoms. The van der Waals surface area contributed by atoms with Gasteiger partial charge in [-0.15, -0.1) is 0 Å². The summed E-state index contributed by atoms with van der Waals surface area (Å²) in [5, 5.41) is 7.55. The maximum absolute atomic E-state index is 12.5. The van der Waals surface area contributed by atoms with Crippen LogP contribution in [0.3, 0.4) is 0 Å². The number of hydrogen-bond acceptors (Lipinski definition) is 3. The molecule has 1 unspecified atom stereocenters. The Morgan fingerprint density at radius 1 is 1.21 bits per heavy atom. The minimum atomic E-state index is -0.0997. The number of carbonyl (C=O) groups is 1. The fourth-order valence-corrected chi connectivity index (χ4v) is 3.29. The lowest BCUT2D eigenvalue weighted by Gasteiger charge is -2.29. The minimum absolute atomic E-state index is 0.0997. The van der Waals surface area contributed by atoms with E-state index in [1.165, 1.54) is 19.3 Å². The third-order valence-electron chi connectivity index (χ3n) is 4.48. The smallest absolute Gasteiger partial charge is 0.272 e. The van der Waals surface area contributed by atoms with Crippen LogP contribution in [0.1, 0.15) is 42.4 Å². The molecule has 1 fully saturated rings. The van der Waals surface area contributed by atoms with Crippen molar-refractivity contribution in [1.29, 1.82) is 0 Å². The van der Waals surface area contributed by atoms with Crippen molar-refractivity contribution in [3.05, 3.63) is 47.8 Å². The molecular weight excluding hydrogens is 300 g/mol. The van der Waals surface area contributed by atoms with E-state index >= 15 is 0 Å². The zero-order valence-corrected chi connectivity index (χ0v) is 14.5. The highest BCUT2D eigenvalue weighted by Gasteiger charge is 2.18. The van der Waals surface area contributed by atoms with Crippen LogP contribution in [0.5, 0.6) is 0 Å². The molecule has 1 atom stereocenters. The zero-order chi connectivity index (χ0) is 16.9. The minimum Gasteiger partial charge on any atom is -0.347 e. The first-order chi connectivity index (χ1) is 11.6. The van der Waals surface area contributed by atoms with Crippen LogP contribution in [0.4, 0.5) is 0 Å². The molecular formula is C19H26N4O. The molecule has 0 aliphatic carbocycles. The predicted octanol–water partition coefficient (Wildman–Crippen LogP) is 2.78. The van der Waals surface area contributed by atoms with Crippen molar-refractivity contribution in [3.8, 4) is 5.69 Å². The van der Waals surface area contributed by atoms with Crippen molar-refractivity contribution in [2.75, 3.05) is 19.6 Å². The maximum atomic E-state index is 12.5. The summed E-state index contributed by atoms with van der Waals surface area (Å²) in [6, 6.07) is 11.8. The van der Waals surface area contributed by atoms with E-state index in [0.29, 0.717) is 5.69 Å². The van der Waals surface area contributed by atoms with Crippen molar-refractivity contribution in [2.24, 2.45) is 0 Å². The Morgan fingerprint density at radius 3 is 2.62 bits per heavy atom. The number of likely N-dealkylation sites (tertiary alicyclic amines) is 1. The van der Waals surface area contributed by atoms with Crippen molar-refractivity contribution in [3.63, 3.8) is 0 Å². The molecule has 128 valence electrons. The molecule has 1 aliphatic heterocycles. The van der Waals surface area contributed by atoms with Gasteiger partial charge in [-0.2, -0.15) is 5.10 Å². The van der Waals surface area contributed by atoms with Crippen LogP contribution in [-0.4, -0.2) is 46.3 Å². The molecule has 3 rings (SSSR count). The summed E-state index contributed by atoms with van der Waals surface area (Å²) in [7, 11) is 0. The number of rotatable bonds is 5. The van der Waals surface area contributed by atoms with Crippen molar-refractivity contribution in [2.45, 2.75) is 39.2 Å². The standard InChI is InChI=1S/C19H26N4O/c1-15(14-22-11-7-4-8-12-22)20-19(24)18-13-16(2)23(21-18)17-9-5-3-6-10-17/h3,5-6,9-10,13,15H,4,7-8,11-12,14H2,1-2H3,(H,20,24). The second-order valence-corrected chi connectivity index (χ2v) is 6.65. The third-order valence-corrected chi connectivity index (χ3v) is 4.48. The number of nitrogens with zero attached hydrogens (tertiary/aromatic N) is 3. The SMILES string of the molecule is Cc1cc(C(=O)NC(C)CN2CCCCC2)nn1-c1ccccc1. The summed E-state index contributed by atoms with van der Waals surface area (Å²) in [4.78, 5) is 14.9. The Bertz CT molecular complexity index is 674. The lowest BCUT2D eigenvalue weighted by molar-refractivity contribution is 0.0920. The van der Waals surface area contributed by atoms with E-state index in [-0.39, 0.29) is 11.9 Å². The lowest BCUT2D eigenvalue weighted by Crippen LogP contribution is -2.43. The lowest BCUT2D eigenvalue weighted by atomic mass is 10.1. The second-order valence-electron chi connectivity index (χ2n) is 6.65. The van der Waals surface area contributed by atoms with Crippen LogP contribution in [0.15, 0.2) is 36.4 Å². The van der Waals surface area contributed by atoms with Gasteiger partial charge in [-0.1, -0.05) is 24.6 Å². The fourth-order valence-electron chi connectivity index (χ4n) is 3.29. The number of hydrogen-bond donors (Lipinski definition) is 1. The number of piperidine rings is 1. The van der Waals surface area contributed by atoms with Crippen molar-refractivity contribution in [1.82, 2.24) is 20.0 Å². The van der Waals surface area contributed by atoms with E-state index in [9.17, 15) is 4.79 Å². The Balaban J connectivity index is 1.63. The molecule has 2 heterocycles.